The van der Waals surface area contributed by atoms with Gasteiger partial charge < -0.3 is 10.3 Å². The van der Waals surface area contributed by atoms with Gasteiger partial charge in [0.25, 0.3) is 0 Å². The molecule has 0 radical (unpaired) electrons. The molecule has 0 saturated heterocycles. The molecule has 0 spiro atoms. The number of para-hydroxylation sites is 2. The fraction of sp³-hybridized carbons (Fsp3) is 0.188. The maximum Gasteiger partial charge on any atom is 0.111 e. The molecule has 108 valence electrons. The molecule has 0 fully saturated rings. The zero-order valence-corrected chi connectivity index (χ0v) is 13.9. The Morgan fingerprint density at radius 3 is 2.76 bits per heavy atom. The summed E-state index contributed by atoms with van der Waals surface area (Å²) in [5.41, 5.74) is 9.36. The highest BCUT2D eigenvalue weighted by Gasteiger charge is 2.16. The third kappa shape index (κ3) is 2.71. The first-order valence-electron chi connectivity index (χ1n) is 6.67. The molecule has 0 aliphatic rings. The SMILES string of the molecule is Cn1c(CC(N)c2cccc(Br)c2Cl)nc2ccccc21. The number of halogens is 2. The van der Waals surface area contributed by atoms with Gasteiger partial charge in [0.15, 0.2) is 0 Å². The summed E-state index contributed by atoms with van der Waals surface area (Å²) in [6, 6.07) is 13.7. The van der Waals surface area contributed by atoms with Crippen LogP contribution in [0.4, 0.5) is 0 Å². The van der Waals surface area contributed by atoms with Gasteiger partial charge in [0.1, 0.15) is 5.82 Å². The third-order valence-corrected chi connectivity index (χ3v) is 4.97. The van der Waals surface area contributed by atoms with Gasteiger partial charge in [0.05, 0.1) is 16.1 Å². The molecule has 3 aromatic rings. The number of hydrogen-bond donors (Lipinski definition) is 1. The topological polar surface area (TPSA) is 43.8 Å². The summed E-state index contributed by atoms with van der Waals surface area (Å²) in [5, 5.41) is 0.670. The van der Waals surface area contributed by atoms with Gasteiger partial charge in [-0.3, -0.25) is 0 Å². The molecule has 0 amide bonds. The van der Waals surface area contributed by atoms with Crippen molar-refractivity contribution in [1.82, 2.24) is 9.55 Å². The van der Waals surface area contributed by atoms with E-state index < -0.39 is 0 Å². The number of aryl methyl sites for hydroxylation is 1. The zero-order valence-electron chi connectivity index (χ0n) is 11.6. The number of hydrogen-bond acceptors (Lipinski definition) is 2. The van der Waals surface area contributed by atoms with E-state index in [-0.39, 0.29) is 6.04 Å². The van der Waals surface area contributed by atoms with Gasteiger partial charge in [-0.2, -0.15) is 0 Å². The predicted octanol–water partition coefficient (Wildman–Crippen LogP) is 4.23. The minimum atomic E-state index is -0.189. The smallest absolute Gasteiger partial charge is 0.111 e. The molecule has 1 heterocycles. The van der Waals surface area contributed by atoms with Crippen LogP contribution in [0.3, 0.4) is 0 Å². The van der Waals surface area contributed by atoms with E-state index in [1.165, 1.54) is 0 Å². The van der Waals surface area contributed by atoms with Crippen molar-refractivity contribution < 1.29 is 0 Å². The largest absolute Gasteiger partial charge is 0.331 e. The number of benzene rings is 2. The maximum atomic E-state index is 6.33. The summed E-state index contributed by atoms with van der Waals surface area (Å²) in [5.74, 6) is 0.958. The average Bonchev–Trinajstić information content (AvgIpc) is 2.79. The van der Waals surface area contributed by atoms with E-state index in [1.54, 1.807) is 0 Å². The number of nitrogens with zero attached hydrogens (tertiary/aromatic N) is 2. The minimum Gasteiger partial charge on any atom is -0.331 e. The van der Waals surface area contributed by atoms with Crippen LogP contribution in [0.25, 0.3) is 11.0 Å². The number of fused-ring (bicyclic) bond motifs is 1. The van der Waals surface area contributed by atoms with Gasteiger partial charge in [-0.25, -0.2) is 4.98 Å². The van der Waals surface area contributed by atoms with Crippen molar-refractivity contribution >= 4 is 38.6 Å². The van der Waals surface area contributed by atoms with Crippen LogP contribution in [0.5, 0.6) is 0 Å². The van der Waals surface area contributed by atoms with Crippen molar-refractivity contribution in [2.45, 2.75) is 12.5 Å². The number of imidazole rings is 1. The third-order valence-electron chi connectivity index (χ3n) is 3.66. The Morgan fingerprint density at radius 1 is 1.24 bits per heavy atom. The lowest BCUT2D eigenvalue weighted by Gasteiger charge is -2.14. The fourth-order valence-corrected chi connectivity index (χ4v) is 3.14. The van der Waals surface area contributed by atoms with Crippen molar-refractivity contribution in [3.05, 3.63) is 63.3 Å². The van der Waals surface area contributed by atoms with Gasteiger partial charge in [0, 0.05) is 24.0 Å². The van der Waals surface area contributed by atoms with Crippen LogP contribution < -0.4 is 5.73 Å². The Bertz CT molecular complexity index is 797. The molecule has 3 nitrogen and oxygen atoms in total. The van der Waals surface area contributed by atoms with E-state index in [1.807, 2.05) is 43.4 Å². The molecule has 2 N–H and O–H groups in total. The molecule has 1 atom stereocenters. The summed E-state index contributed by atoms with van der Waals surface area (Å²) in [7, 11) is 2.01. The van der Waals surface area contributed by atoms with Crippen molar-refractivity contribution in [2.24, 2.45) is 12.8 Å². The van der Waals surface area contributed by atoms with E-state index in [0.717, 1.165) is 26.9 Å². The molecule has 0 saturated carbocycles. The maximum absolute atomic E-state index is 6.33. The van der Waals surface area contributed by atoms with E-state index >= 15 is 0 Å². The van der Waals surface area contributed by atoms with Crippen LogP contribution in [0.15, 0.2) is 46.9 Å². The summed E-state index contributed by atoms with van der Waals surface area (Å²) in [6.07, 6.45) is 0.640. The van der Waals surface area contributed by atoms with Gasteiger partial charge in [-0.15, -0.1) is 0 Å². The number of aromatic nitrogens is 2. The summed E-state index contributed by atoms with van der Waals surface area (Å²) >= 11 is 9.75. The van der Waals surface area contributed by atoms with Gasteiger partial charge in [0.2, 0.25) is 0 Å². The Kier molecular flexibility index (Phi) is 4.02. The molecule has 0 aliphatic heterocycles. The van der Waals surface area contributed by atoms with Gasteiger partial charge in [-0.1, -0.05) is 35.9 Å². The molecule has 5 heteroatoms. The van der Waals surface area contributed by atoms with Crippen LogP contribution in [0.1, 0.15) is 17.4 Å². The first-order chi connectivity index (χ1) is 10.1. The highest BCUT2D eigenvalue weighted by molar-refractivity contribution is 9.10. The molecule has 21 heavy (non-hydrogen) atoms. The summed E-state index contributed by atoms with van der Waals surface area (Å²) in [4.78, 5) is 4.66. The Labute approximate surface area is 136 Å². The second kappa shape index (κ2) is 5.79. The normalized spacial score (nSPS) is 12.8. The van der Waals surface area contributed by atoms with E-state index in [9.17, 15) is 0 Å². The van der Waals surface area contributed by atoms with Crippen LogP contribution in [0, 0.1) is 0 Å². The van der Waals surface area contributed by atoms with Crippen molar-refractivity contribution in [1.29, 1.82) is 0 Å². The first-order valence-corrected chi connectivity index (χ1v) is 7.85. The molecular weight excluding hydrogens is 350 g/mol. The number of nitrogens with two attached hydrogens (primary N) is 1. The van der Waals surface area contributed by atoms with Crippen LogP contribution in [0.2, 0.25) is 5.02 Å². The molecule has 1 aromatic heterocycles. The van der Waals surface area contributed by atoms with E-state index in [2.05, 4.69) is 31.5 Å². The van der Waals surface area contributed by atoms with E-state index in [0.29, 0.717) is 11.4 Å². The number of rotatable bonds is 3. The van der Waals surface area contributed by atoms with Crippen molar-refractivity contribution in [3.8, 4) is 0 Å². The minimum absolute atomic E-state index is 0.189. The standard InChI is InChI=1S/C16H15BrClN3/c1-21-14-8-3-2-7-13(14)20-15(21)9-12(19)10-5-4-6-11(17)16(10)18/h2-8,12H,9,19H2,1H3. The van der Waals surface area contributed by atoms with Gasteiger partial charge in [-0.05, 0) is 39.7 Å². The molecule has 0 aliphatic carbocycles. The van der Waals surface area contributed by atoms with Crippen LogP contribution >= 0.6 is 27.5 Å². The molecule has 1 unspecified atom stereocenters. The second-order valence-corrected chi connectivity index (χ2v) is 6.26. The van der Waals surface area contributed by atoms with Crippen LogP contribution in [-0.4, -0.2) is 9.55 Å². The monoisotopic (exact) mass is 363 g/mol. The first kappa shape index (κ1) is 14.6. The Morgan fingerprint density at radius 2 is 2.00 bits per heavy atom. The molecular formula is C16H15BrClN3. The Hall–Kier alpha value is -1.36. The lowest BCUT2D eigenvalue weighted by molar-refractivity contribution is 0.665. The lowest BCUT2D eigenvalue weighted by atomic mass is 10.0. The highest BCUT2D eigenvalue weighted by atomic mass is 79.9. The average molecular weight is 365 g/mol. The second-order valence-electron chi connectivity index (χ2n) is 5.03. The Balaban J connectivity index is 1.94. The van der Waals surface area contributed by atoms with Gasteiger partial charge >= 0.3 is 0 Å². The predicted molar refractivity (Wildman–Crippen MR) is 90.5 cm³/mol. The van der Waals surface area contributed by atoms with Crippen LogP contribution in [-0.2, 0) is 13.5 Å². The fourth-order valence-electron chi connectivity index (χ4n) is 2.49. The molecule has 0 bridgehead atoms. The zero-order chi connectivity index (χ0) is 15.0. The quantitative estimate of drug-likeness (QED) is 0.755. The molecule has 2 aromatic carbocycles. The molecule has 3 rings (SSSR count). The van der Waals surface area contributed by atoms with E-state index in [4.69, 9.17) is 17.3 Å². The summed E-state index contributed by atoms with van der Waals surface area (Å²) < 4.78 is 2.95. The van der Waals surface area contributed by atoms with Crippen molar-refractivity contribution in [3.63, 3.8) is 0 Å². The summed E-state index contributed by atoms with van der Waals surface area (Å²) in [6.45, 7) is 0. The van der Waals surface area contributed by atoms with Crippen molar-refractivity contribution in [2.75, 3.05) is 0 Å². The highest BCUT2D eigenvalue weighted by Crippen LogP contribution is 2.30. The lowest BCUT2D eigenvalue weighted by Crippen LogP contribution is -2.16.